The van der Waals surface area contributed by atoms with Gasteiger partial charge in [-0.3, -0.25) is 9.80 Å². The maximum atomic E-state index is 12.1. The number of aromatic nitrogens is 4. The fourth-order valence-corrected chi connectivity index (χ4v) is 2.37. The van der Waals surface area contributed by atoms with Crippen molar-refractivity contribution in [3.8, 4) is 24.0 Å². The van der Waals surface area contributed by atoms with Gasteiger partial charge in [-0.05, 0) is 26.0 Å². The van der Waals surface area contributed by atoms with E-state index in [1.54, 1.807) is 17.3 Å². The first kappa shape index (κ1) is 14.1. The number of urea groups is 1. The molecule has 0 saturated carbocycles. The van der Waals surface area contributed by atoms with Crippen LogP contribution >= 0.6 is 0 Å². The molecule has 22 heavy (non-hydrogen) atoms. The van der Waals surface area contributed by atoms with Gasteiger partial charge in [0.05, 0.1) is 6.54 Å². The molecule has 2 aromatic rings. The third kappa shape index (κ3) is 2.29. The Labute approximate surface area is 128 Å². The first-order valence-corrected chi connectivity index (χ1v) is 7.04. The van der Waals surface area contributed by atoms with Crippen molar-refractivity contribution < 1.29 is 4.79 Å². The molecule has 3 heterocycles. The Hall–Kier alpha value is -2.88. The van der Waals surface area contributed by atoms with Crippen LogP contribution in [0.2, 0.25) is 0 Å². The van der Waals surface area contributed by atoms with Crippen molar-refractivity contribution in [3.63, 3.8) is 0 Å². The van der Waals surface area contributed by atoms with E-state index >= 15 is 0 Å². The van der Waals surface area contributed by atoms with Crippen LogP contribution in [0.1, 0.15) is 19.9 Å². The topological polar surface area (TPSA) is 67.2 Å². The van der Waals surface area contributed by atoms with Crippen LogP contribution in [0.4, 0.5) is 10.6 Å². The lowest BCUT2D eigenvalue weighted by Crippen LogP contribution is -2.29. The van der Waals surface area contributed by atoms with Crippen molar-refractivity contribution in [2.24, 2.45) is 0 Å². The summed E-state index contributed by atoms with van der Waals surface area (Å²) in [6.45, 7) is 5.12. The fourth-order valence-electron chi connectivity index (χ4n) is 2.37. The molecule has 1 aliphatic rings. The summed E-state index contributed by atoms with van der Waals surface area (Å²) in [6.07, 6.45) is 6.99. The van der Waals surface area contributed by atoms with Gasteiger partial charge in [0.15, 0.2) is 5.82 Å². The summed E-state index contributed by atoms with van der Waals surface area (Å²) < 4.78 is 1.94. The van der Waals surface area contributed by atoms with Crippen molar-refractivity contribution in [1.29, 1.82) is 0 Å². The molecule has 0 N–H and O–H groups in total. The number of hydrogen-bond acceptors (Lipinski definition) is 4. The number of hydrogen-bond donors (Lipinski definition) is 0. The lowest BCUT2D eigenvalue weighted by atomic mass is 10.3. The zero-order valence-corrected chi connectivity index (χ0v) is 12.5. The van der Waals surface area contributed by atoms with Gasteiger partial charge >= 0.3 is 6.03 Å². The normalized spacial score (nSPS) is 14.7. The predicted molar refractivity (Wildman–Crippen MR) is 81.9 cm³/mol. The van der Waals surface area contributed by atoms with E-state index in [1.165, 1.54) is 4.90 Å². The van der Waals surface area contributed by atoms with E-state index in [4.69, 9.17) is 6.42 Å². The van der Waals surface area contributed by atoms with E-state index in [0.29, 0.717) is 30.4 Å². The summed E-state index contributed by atoms with van der Waals surface area (Å²) in [5, 5.41) is 8.07. The van der Waals surface area contributed by atoms with Crippen molar-refractivity contribution in [2.75, 3.05) is 18.0 Å². The molecule has 0 bridgehead atoms. The van der Waals surface area contributed by atoms with Gasteiger partial charge in [0.1, 0.15) is 17.8 Å². The van der Waals surface area contributed by atoms with Crippen molar-refractivity contribution in [1.82, 2.24) is 24.6 Å². The molecule has 0 spiro atoms. The van der Waals surface area contributed by atoms with Crippen LogP contribution in [-0.4, -0.2) is 43.8 Å². The molecule has 3 rings (SSSR count). The number of nitrogens with zero attached hydrogens (tertiary/aromatic N) is 6. The molecule has 0 aliphatic carbocycles. The molecule has 0 radical (unpaired) electrons. The van der Waals surface area contributed by atoms with E-state index in [1.807, 2.05) is 30.5 Å². The standard InChI is InChI=1S/C15H16N6O/c1-4-19-8-9-20(15(19)22)13-7-5-6-12(17-13)14-18-16-10-21(14)11(2)3/h1,5-7,10-11H,8-9H2,2-3H3. The number of anilines is 1. The van der Waals surface area contributed by atoms with Gasteiger partial charge in [-0.2, -0.15) is 0 Å². The van der Waals surface area contributed by atoms with Gasteiger partial charge in [-0.1, -0.05) is 12.5 Å². The Balaban J connectivity index is 1.96. The van der Waals surface area contributed by atoms with Gasteiger partial charge < -0.3 is 4.57 Å². The molecule has 7 nitrogen and oxygen atoms in total. The summed E-state index contributed by atoms with van der Waals surface area (Å²) in [6, 6.07) is 7.86. The lowest BCUT2D eigenvalue weighted by Gasteiger charge is -2.15. The highest BCUT2D eigenvalue weighted by atomic mass is 16.2. The monoisotopic (exact) mass is 296 g/mol. The molecular weight excluding hydrogens is 280 g/mol. The van der Waals surface area contributed by atoms with Gasteiger partial charge in [0.25, 0.3) is 0 Å². The second-order valence-electron chi connectivity index (χ2n) is 5.25. The maximum Gasteiger partial charge on any atom is 0.337 e. The molecule has 112 valence electrons. The van der Waals surface area contributed by atoms with Crippen LogP contribution in [0.3, 0.4) is 0 Å². The molecule has 1 fully saturated rings. The van der Waals surface area contributed by atoms with E-state index in [0.717, 1.165) is 0 Å². The average Bonchev–Trinajstić information content (AvgIpc) is 3.13. The van der Waals surface area contributed by atoms with Crippen molar-refractivity contribution in [2.45, 2.75) is 19.9 Å². The van der Waals surface area contributed by atoms with Gasteiger partial charge in [0.2, 0.25) is 0 Å². The Kier molecular flexibility index (Phi) is 3.51. The number of carbonyl (C=O) groups is 1. The summed E-state index contributed by atoms with van der Waals surface area (Å²) in [7, 11) is 0. The number of amides is 2. The van der Waals surface area contributed by atoms with Gasteiger partial charge in [-0.25, -0.2) is 9.78 Å². The Morgan fingerprint density at radius 2 is 2.14 bits per heavy atom. The lowest BCUT2D eigenvalue weighted by molar-refractivity contribution is 0.236. The molecule has 1 aliphatic heterocycles. The summed E-state index contributed by atoms with van der Waals surface area (Å²) in [5.41, 5.74) is 0.677. The molecular formula is C15H16N6O. The quantitative estimate of drug-likeness (QED) is 0.809. The molecule has 1 saturated heterocycles. The molecule has 2 amide bonds. The number of rotatable bonds is 3. The number of carbonyl (C=O) groups excluding carboxylic acids is 1. The predicted octanol–water partition coefficient (Wildman–Crippen LogP) is 1.75. The molecule has 0 aromatic carbocycles. The van der Waals surface area contributed by atoms with E-state index in [9.17, 15) is 4.79 Å². The first-order chi connectivity index (χ1) is 10.6. The molecule has 0 unspecified atom stereocenters. The largest absolute Gasteiger partial charge is 0.337 e. The SMILES string of the molecule is C#CN1CCN(c2cccc(-c3nncn3C(C)C)n2)C1=O. The van der Waals surface area contributed by atoms with Crippen LogP contribution in [0.15, 0.2) is 24.5 Å². The number of terminal acetylenes is 1. The minimum Gasteiger partial charge on any atom is -0.310 e. The Morgan fingerprint density at radius 3 is 2.82 bits per heavy atom. The van der Waals surface area contributed by atoms with Gasteiger partial charge in [0, 0.05) is 18.6 Å². The minimum atomic E-state index is -0.225. The molecule has 0 atom stereocenters. The Morgan fingerprint density at radius 1 is 1.32 bits per heavy atom. The van der Waals surface area contributed by atoms with E-state index in [-0.39, 0.29) is 12.1 Å². The van der Waals surface area contributed by atoms with Crippen LogP contribution in [0.25, 0.3) is 11.5 Å². The second kappa shape index (κ2) is 5.48. The van der Waals surface area contributed by atoms with Crippen LogP contribution in [0.5, 0.6) is 0 Å². The van der Waals surface area contributed by atoms with Crippen LogP contribution < -0.4 is 4.90 Å². The zero-order valence-electron chi connectivity index (χ0n) is 12.5. The smallest absolute Gasteiger partial charge is 0.310 e. The second-order valence-corrected chi connectivity index (χ2v) is 5.25. The maximum absolute atomic E-state index is 12.1. The van der Waals surface area contributed by atoms with E-state index < -0.39 is 0 Å². The van der Waals surface area contributed by atoms with Crippen molar-refractivity contribution >= 4 is 11.8 Å². The van der Waals surface area contributed by atoms with Gasteiger partial charge in [-0.15, -0.1) is 10.2 Å². The zero-order chi connectivity index (χ0) is 15.7. The highest BCUT2D eigenvalue weighted by molar-refractivity contribution is 5.94. The summed E-state index contributed by atoms with van der Waals surface area (Å²) in [5.74, 6) is 1.25. The first-order valence-electron chi connectivity index (χ1n) is 7.04. The van der Waals surface area contributed by atoms with E-state index in [2.05, 4.69) is 21.2 Å². The Bertz CT molecular complexity index is 744. The number of pyridine rings is 1. The minimum absolute atomic E-state index is 0.223. The van der Waals surface area contributed by atoms with Crippen LogP contribution in [0, 0.1) is 12.5 Å². The molecule has 7 heteroatoms. The highest BCUT2D eigenvalue weighted by Crippen LogP contribution is 2.23. The summed E-state index contributed by atoms with van der Waals surface area (Å²) >= 11 is 0. The third-order valence-electron chi connectivity index (χ3n) is 3.53. The molecule has 2 aromatic heterocycles. The highest BCUT2D eigenvalue weighted by Gasteiger charge is 2.29. The fraction of sp³-hybridized carbons (Fsp3) is 0.333. The summed E-state index contributed by atoms with van der Waals surface area (Å²) in [4.78, 5) is 19.6. The third-order valence-corrected chi connectivity index (χ3v) is 3.53. The van der Waals surface area contributed by atoms with Crippen LogP contribution in [-0.2, 0) is 0 Å². The average molecular weight is 296 g/mol. The van der Waals surface area contributed by atoms with Crippen molar-refractivity contribution in [3.05, 3.63) is 24.5 Å².